The highest BCUT2D eigenvalue weighted by atomic mass is 16.2. The van der Waals surface area contributed by atoms with E-state index in [4.69, 9.17) is 10.8 Å². The summed E-state index contributed by atoms with van der Waals surface area (Å²) >= 11 is 0. The van der Waals surface area contributed by atoms with Crippen LogP contribution in [0.5, 0.6) is 0 Å². The van der Waals surface area contributed by atoms with Crippen LogP contribution >= 0.6 is 0 Å². The largest absolute Gasteiger partial charge is 0.399 e. The van der Waals surface area contributed by atoms with E-state index in [1.807, 2.05) is 12.1 Å². The number of anilines is 1. The van der Waals surface area contributed by atoms with Crippen LogP contribution in [0.2, 0.25) is 0 Å². The van der Waals surface area contributed by atoms with Crippen molar-refractivity contribution in [2.75, 3.05) is 18.9 Å². The Morgan fingerprint density at radius 3 is 2.70 bits per heavy atom. The molecule has 4 N–H and O–H groups in total. The van der Waals surface area contributed by atoms with Crippen LogP contribution in [0.15, 0.2) is 36.5 Å². The highest BCUT2D eigenvalue weighted by molar-refractivity contribution is 5.92. The van der Waals surface area contributed by atoms with Crippen molar-refractivity contribution in [1.29, 1.82) is 0 Å². The number of nitrogens with one attached hydrogen (secondary N) is 1. The highest BCUT2D eigenvalue weighted by Gasteiger charge is 2.09. The van der Waals surface area contributed by atoms with E-state index in [1.54, 1.807) is 29.1 Å². The van der Waals surface area contributed by atoms with Gasteiger partial charge in [0.05, 0.1) is 5.69 Å². The molecule has 1 heterocycles. The first-order valence-electron chi connectivity index (χ1n) is 6.51. The molecule has 1 aromatic carbocycles. The lowest BCUT2D eigenvalue weighted by Crippen LogP contribution is -2.25. The van der Waals surface area contributed by atoms with Crippen molar-refractivity contribution >= 4 is 11.6 Å². The van der Waals surface area contributed by atoms with E-state index >= 15 is 0 Å². The predicted molar refractivity (Wildman–Crippen MR) is 76.6 cm³/mol. The maximum absolute atomic E-state index is 11.8. The SMILES string of the molecule is Nc1ccc(-n2ccc(C(=O)NCCCCO)n2)cc1. The first kappa shape index (κ1) is 14.1. The van der Waals surface area contributed by atoms with Crippen LogP contribution in [0.1, 0.15) is 23.3 Å². The molecule has 2 rings (SSSR count). The summed E-state index contributed by atoms with van der Waals surface area (Å²) in [6.07, 6.45) is 3.16. The zero-order valence-electron chi connectivity index (χ0n) is 11.1. The number of hydrogen-bond acceptors (Lipinski definition) is 4. The number of aliphatic hydroxyl groups is 1. The second kappa shape index (κ2) is 6.72. The number of amides is 1. The summed E-state index contributed by atoms with van der Waals surface area (Å²) in [4.78, 5) is 11.8. The van der Waals surface area contributed by atoms with Crippen molar-refractivity contribution in [3.05, 3.63) is 42.2 Å². The quantitative estimate of drug-likeness (QED) is 0.540. The zero-order valence-corrected chi connectivity index (χ0v) is 11.1. The number of rotatable bonds is 6. The summed E-state index contributed by atoms with van der Waals surface area (Å²) in [5.74, 6) is -0.211. The molecule has 0 radical (unpaired) electrons. The Morgan fingerprint density at radius 1 is 1.25 bits per heavy atom. The number of benzene rings is 1. The summed E-state index contributed by atoms with van der Waals surface area (Å²) < 4.78 is 1.63. The third-order valence-corrected chi connectivity index (χ3v) is 2.85. The fourth-order valence-corrected chi connectivity index (χ4v) is 1.75. The highest BCUT2D eigenvalue weighted by Crippen LogP contribution is 2.10. The van der Waals surface area contributed by atoms with Gasteiger partial charge in [0.15, 0.2) is 5.69 Å². The molecule has 0 aliphatic carbocycles. The fourth-order valence-electron chi connectivity index (χ4n) is 1.75. The van der Waals surface area contributed by atoms with E-state index in [2.05, 4.69) is 10.4 Å². The molecule has 1 amide bonds. The Balaban J connectivity index is 1.98. The van der Waals surface area contributed by atoms with Crippen molar-refractivity contribution in [3.8, 4) is 5.69 Å². The third kappa shape index (κ3) is 3.58. The molecule has 0 unspecified atom stereocenters. The van der Waals surface area contributed by atoms with Gasteiger partial charge in [0.1, 0.15) is 0 Å². The number of hydrogen-bond donors (Lipinski definition) is 3. The number of nitrogens with two attached hydrogens (primary N) is 1. The summed E-state index contributed by atoms with van der Waals surface area (Å²) in [5, 5.41) is 15.6. The molecule has 0 spiro atoms. The normalized spacial score (nSPS) is 10.4. The van der Waals surface area contributed by atoms with Gasteiger partial charge < -0.3 is 16.2 Å². The van der Waals surface area contributed by atoms with Crippen molar-refractivity contribution in [2.45, 2.75) is 12.8 Å². The number of unbranched alkanes of at least 4 members (excludes halogenated alkanes) is 1. The van der Waals surface area contributed by atoms with E-state index in [1.165, 1.54) is 0 Å². The molecule has 6 nitrogen and oxygen atoms in total. The molecule has 0 fully saturated rings. The van der Waals surface area contributed by atoms with E-state index in [0.717, 1.165) is 12.1 Å². The minimum atomic E-state index is -0.211. The first-order chi connectivity index (χ1) is 9.70. The fraction of sp³-hybridized carbons (Fsp3) is 0.286. The molecule has 0 atom stereocenters. The molecule has 0 bridgehead atoms. The van der Waals surface area contributed by atoms with Crippen LogP contribution in [-0.4, -0.2) is 33.9 Å². The number of aliphatic hydroxyl groups excluding tert-OH is 1. The number of aromatic nitrogens is 2. The summed E-state index contributed by atoms with van der Waals surface area (Å²) in [6.45, 7) is 0.676. The minimum Gasteiger partial charge on any atom is -0.399 e. The lowest BCUT2D eigenvalue weighted by atomic mass is 10.3. The topological polar surface area (TPSA) is 93.2 Å². The van der Waals surface area contributed by atoms with E-state index < -0.39 is 0 Å². The van der Waals surface area contributed by atoms with Gasteiger partial charge in [0.25, 0.3) is 5.91 Å². The Bertz CT molecular complexity index is 563. The van der Waals surface area contributed by atoms with Gasteiger partial charge in [-0.15, -0.1) is 0 Å². The Hall–Kier alpha value is -2.34. The first-order valence-corrected chi connectivity index (χ1v) is 6.51. The number of nitrogens with zero attached hydrogens (tertiary/aromatic N) is 2. The molecule has 1 aromatic heterocycles. The van der Waals surface area contributed by atoms with Crippen LogP contribution in [0.3, 0.4) is 0 Å². The van der Waals surface area contributed by atoms with E-state index in [0.29, 0.717) is 24.3 Å². The van der Waals surface area contributed by atoms with Crippen molar-refractivity contribution in [2.24, 2.45) is 0 Å². The predicted octanol–water partition coefficient (Wildman–Crippen LogP) is 0.957. The van der Waals surface area contributed by atoms with Crippen LogP contribution < -0.4 is 11.1 Å². The monoisotopic (exact) mass is 274 g/mol. The third-order valence-electron chi connectivity index (χ3n) is 2.85. The van der Waals surface area contributed by atoms with Gasteiger partial charge in [-0.3, -0.25) is 4.79 Å². The molecule has 0 aliphatic heterocycles. The maximum Gasteiger partial charge on any atom is 0.271 e. The van der Waals surface area contributed by atoms with E-state index in [-0.39, 0.29) is 12.5 Å². The van der Waals surface area contributed by atoms with Crippen LogP contribution in [-0.2, 0) is 0 Å². The molecule has 106 valence electrons. The number of carbonyl (C=O) groups excluding carboxylic acids is 1. The molecule has 0 saturated heterocycles. The van der Waals surface area contributed by atoms with Gasteiger partial charge in [-0.05, 0) is 43.2 Å². The van der Waals surface area contributed by atoms with E-state index in [9.17, 15) is 4.79 Å². The van der Waals surface area contributed by atoms with Crippen LogP contribution in [0.4, 0.5) is 5.69 Å². The molecule has 20 heavy (non-hydrogen) atoms. The zero-order chi connectivity index (χ0) is 14.4. The van der Waals surface area contributed by atoms with Gasteiger partial charge in [-0.2, -0.15) is 5.10 Å². The van der Waals surface area contributed by atoms with Crippen LogP contribution in [0, 0.1) is 0 Å². The number of carbonyl (C=O) groups is 1. The number of nitrogen functional groups attached to an aromatic ring is 1. The molecular formula is C14H18N4O2. The van der Waals surface area contributed by atoms with Crippen molar-refractivity contribution < 1.29 is 9.90 Å². The average Bonchev–Trinajstić information content (AvgIpc) is 2.94. The smallest absolute Gasteiger partial charge is 0.271 e. The van der Waals surface area contributed by atoms with Gasteiger partial charge in [-0.25, -0.2) is 4.68 Å². The van der Waals surface area contributed by atoms with Gasteiger partial charge in [0.2, 0.25) is 0 Å². The average molecular weight is 274 g/mol. The molecule has 0 saturated carbocycles. The second-order valence-corrected chi connectivity index (χ2v) is 4.42. The molecule has 2 aromatic rings. The summed E-state index contributed by atoms with van der Waals surface area (Å²) in [5.41, 5.74) is 7.52. The maximum atomic E-state index is 11.8. The minimum absolute atomic E-state index is 0.141. The lowest BCUT2D eigenvalue weighted by Gasteiger charge is -2.03. The molecule has 0 aliphatic rings. The summed E-state index contributed by atoms with van der Waals surface area (Å²) in [6, 6.07) is 8.91. The van der Waals surface area contributed by atoms with Gasteiger partial charge in [-0.1, -0.05) is 0 Å². The Morgan fingerprint density at radius 2 is 2.00 bits per heavy atom. The summed E-state index contributed by atoms with van der Waals surface area (Å²) in [7, 11) is 0. The van der Waals surface area contributed by atoms with Crippen molar-refractivity contribution in [1.82, 2.24) is 15.1 Å². The molecule has 6 heteroatoms. The second-order valence-electron chi connectivity index (χ2n) is 4.42. The Labute approximate surface area is 117 Å². The Kier molecular flexibility index (Phi) is 4.73. The standard InChI is InChI=1S/C14H18N4O2/c15-11-3-5-12(6-4-11)18-9-7-13(17-18)14(20)16-8-1-2-10-19/h3-7,9,19H,1-2,8,10,15H2,(H,16,20). The van der Waals surface area contributed by atoms with Crippen molar-refractivity contribution in [3.63, 3.8) is 0 Å². The van der Waals surface area contributed by atoms with Gasteiger partial charge in [0, 0.05) is 25.0 Å². The lowest BCUT2D eigenvalue weighted by molar-refractivity contribution is 0.0946. The van der Waals surface area contributed by atoms with Crippen LogP contribution in [0.25, 0.3) is 5.69 Å². The molecular weight excluding hydrogens is 256 g/mol. The van der Waals surface area contributed by atoms with Gasteiger partial charge >= 0.3 is 0 Å².